The van der Waals surface area contributed by atoms with Gasteiger partial charge in [0.1, 0.15) is 41.4 Å². The highest BCUT2D eigenvalue weighted by Crippen LogP contribution is 2.32. The number of carbonyl (C=O) groups excluding carboxylic acids is 7. The van der Waals surface area contributed by atoms with Gasteiger partial charge in [0.15, 0.2) is 0 Å². The van der Waals surface area contributed by atoms with E-state index in [-0.39, 0.29) is 31.3 Å². The molecule has 3 aromatic carbocycles. The number of rotatable bonds is 16. The molecule has 0 radical (unpaired) electrons. The van der Waals surface area contributed by atoms with E-state index < -0.39 is 94.7 Å². The zero-order valence-corrected chi connectivity index (χ0v) is 45.7. The molecule has 2 aliphatic rings. The van der Waals surface area contributed by atoms with Gasteiger partial charge in [-0.1, -0.05) is 93.6 Å². The summed E-state index contributed by atoms with van der Waals surface area (Å²) >= 11 is 0. The Bertz CT molecular complexity index is 2600. The first-order valence-corrected chi connectivity index (χ1v) is 25.5. The number of nitrogens with one attached hydrogen (secondary N) is 4. The van der Waals surface area contributed by atoms with Gasteiger partial charge in [0.25, 0.3) is 5.91 Å². The molecule has 7 amide bonds. The van der Waals surface area contributed by atoms with Crippen molar-refractivity contribution in [2.24, 2.45) is 5.41 Å². The van der Waals surface area contributed by atoms with Gasteiger partial charge in [0, 0.05) is 38.7 Å². The van der Waals surface area contributed by atoms with Crippen LogP contribution in [0.4, 0.5) is 9.59 Å². The third-order valence-electron chi connectivity index (χ3n) is 13.3. The van der Waals surface area contributed by atoms with Crippen molar-refractivity contribution in [1.29, 1.82) is 0 Å². The van der Waals surface area contributed by atoms with Crippen LogP contribution in [0.25, 0.3) is 12.2 Å². The van der Waals surface area contributed by atoms with E-state index in [0.29, 0.717) is 11.1 Å². The number of ether oxygens (including phenoxy) is 2. The molecule has 3 aromatic rings. The predicted octanol–water partition coefficient (Wildman–Crippen LogP) is 6.90. The Morgan fingerprint density at radius 3 is 1.76 bits per heavy atom. The Hall–Kier alpha value is -7.24. The van der Waals surface area contributed by atoms with Gasteiger partial charge in [-0.3, -0.25) is 33.8 Å². The monoisotopic (exact) mass is 1040 g/mol. The van der Waals surface area contributed by atoms with Gasteiger partial charge in [-0.05, 0) is 126 Å². The van der Waals surface area contributed by atoms with Crippen LogP contribution in [-0.2, 0) is 46.3 Å². The molecular weight excluding hydrogens is 959 g/mol. The molecular formula is C57H77N7O11. The standard InChI is InChI=1S/C57H77N7O11/c1-34(62(12)53(72)74-56(6,7)8)47(65)60-44(52(70)71)31-38-25-23-36(24-26-38)21-22-37-27-29-40(30-28-37)49(67)58-41-32-45(50(68)59-43-20-16-18-39-17-14-15-19-42(39)43)64(33-41)51(69)46(55(3,4)5)61-48(66)35(2)63(13)54(73)75-57(9,10)11/h14-15,17,19,21-30,34-35,41,43-46H,16,18,20,31-33H2,1-13H3,(H,58,67)(H,59,68)(H,60,65)(H,61,66)(H,70,71)/t34-,35-,41-,43+,44-,45-,46+/m0/s1. The van der Waals surface area contributed by atoms with E-state index in [4.69, 9.17) is 9.47 Å². The molecule has 0 saturated carbocycles. The van der Waals surface area contributed by atoms with Crippen molar-refractivity contribution in [3.05, 3.63) is 106 Å². The number of likely N-dealkylation sites (tertiary alicyclic amines) is 1. The van der Waals surface area contributed by atoms with Crippen molar-refractivity contribution in [2.45, 2.75) is 162 Å². The fourth-order valence-corrected chi connectivity index (χ4v) is 8.72. The molecule has 7 atom stereocenters. The average Bonchev–Trinajstić information content (AvgIpc) is 3.76. The summed E-state index contributed by atoms with van der Waals surface area (Å²) in [6.07, 6.45) is 4.93. The second-order valence-electron chi connectivity index (χ2n) is 22.7. The van der Waals surface area contributed by atoms with Crippen LogP contribution in [0, 0.1) is 5.41 Å². The highest BCUT2D eigenvalue weighted by molar-refractivity contribution is 5.97. The Morgan fingerprint density at radius 2 is 1.24 bits per heavy atom. The predicted molar refractivity (Wildman–Crippen MR) is 285 cm³/mol. The Balaban J connectivity index is 1.26. The number of nitrogens with zero attached hydrogens (tertiary/aromatic N) is 3. The fourth-order valence-electron chi connectivity index (χ4n) is 8.72. The minimum atomic E-state index is -1.25. The largest absolute Gasteiger partial charge is 0.480 e. The van der Waals surface area contributed by atoms with Crippen LogP contribution >= 0.6 is 0 Å². The van der Waals surface area contributed by atoms with Gasteiger partial charge in [-0.25, -0.2) is 14.4 Å². The Morgan fingerprint density at radius 1 is 0.720 bits per heavy atom. The number of amides is 7. The second-order valence-corrected chi connectivity index (χ2v) is 22.7. The maximum atomic E-state index is 14.8. The van der Waals surface area contributed by atoms with Crippen molar-refractivity contribution < 1.29 is 52.9 Å². The molecule has 1 aliphatic heterocycles. The molecule has 0 bridgehead atoms. The highest BCUT2D eigenvalue weighted by atomic mass is 16.6. The first-order chi connectivity index (χ1) is 34.9. The number of aryl methyl sites for hydroxylation is 1. The maximum absolute atomic E-state index is 14.8. The summed E-state index contributed by atoms with van der Waals surface area (Å²) in [4.78, 5) is 111. The van der Waals surface area contributed by atoms with Crippen molar-refractivity contribution in [1.82, 2.24) is 36.0 Å². The van der Waals surface area contributed by atoms with Gasteiger partial charge in [-0.15, -0.1) is 0 Å². The number of aliphatic carboxylic acids is 1. The molecule has 1 aliphatic carbocycles. The molecule has 0 spiro atoms. The molecule has 5 N–H and O–H groups in total. The number of benzene rings is 3. The van der Waals surface area contributed by atoms with Crippen LogP contribution in [-0.4, -0.2) is 136 Å². The molecule has 1 fully saturated rings. The summed E-state index contributed by atoms with van der Waals surface area (Å²) in [6, 6.07) is 15.8. The summed E-state index contributed by atoms with van der Waals surface area (Å²) in [5.41, 5.74) is 2.40. The van der Waals surface area contributed by atoms with Gasteiger partial charge < -0.3 is 40.7 Å². The van der Waals surface area contributed by atoms with Crippen molar-refractivity contribution in [2.75, 3.05) is 20.6 Å². The van der Waals surface area contributed by atoms with Crippen LogP contribution in [0.15, 0.2) is 72.8 Å². The first kappa shape index (κ1) is 58.6. The molecule has 406 valence electrons. The molecule has 18 nitrogen and oxygen atoms in total. The van der Waals surface area contributed by atoms with E-state index in [1.54, 1.807) is 106 Å². The number of carboxylic acid groups (broad SMARTS) is 1. The number of carboxylic acids is 1. The highest BCUT2D eigenvalue weighted by Gasteiger charge is 2.46. The van der Waals surface area contributed by atoms with E-state index in [1.165, 1.54) is 30.8 Å². The van der Waals surface area contributed by atoms with Crippen LogP contribution in [0.2, 0.25) is 0 Å². The van der Waals surface area contributed by atoms with E-state index in [0.717, 1.165) is 46.4 Å². The summed E-state index contributed by atoms with van der Waals surface area (Å²) in [7, 11) is 2.86. The molecule has 0 aromatic heterocycles. The van der Waals surface area contributed by atoms with Crippen LogP contribution in [0.1, 0.15) is 140 Å². The summed E-state index contributed by atoms with van der Waals surface area (Å²) in [5, 5.41) is 21.6. The fraction of sp³-hybridized carbons (Fsp3) is 0.509. The van der Waals surface area contributed by atoms with Crippen molar-refractivity contribution in [3.63, 3.8) is 0 Å². The average molecular weight is 1040 g/mol. The molecule has 5 rings (SSSR count). The minimum Gasteiger partial charge on any atom is -0.480 e. The third kappa shape index (κ3) is 16.4. The quantitative estimate of drug-likeness (QED) is 0.0926. The number of likely N-dealkylation sites (N-methyl/N-ethyl adjacent to an activating group) is 2. The number of carbonyl (C=O) groups is 8. The Kier molecular flexibility index (Phi) is 19.1. The van der Waals surface area contributed by atoms with E-state index in [1.807, 2.05) is 42.5 Å². The van der Waals surface area contributed by atoms with Crippen LogP contribution in [0.5, 0.6) is 0 Å². The van der Waals surface area contributed by atoms with Gasteiger partial charge >= 0.3 is 18.2 Å². The smallest absolute Gasteiger partial charge is 0.410 e. The van der Waals surface area contributed by atoms with E-state index in [9.17, 15) is 43.5 Å². The van der Waals surface area contributed by atoms with Crippen LogP contribution < -0.4 is 21.3 Å². The third-order valence-corrected chi connectivity index (χ3v) is 13.3. The van der Waals surface area contributed by atoms with E-state index >= 15 is 0 Å². The lowest BCUT2D eigenvalue weighted by Crippen LogP contribution is -2.60. The van der Waals surface area contributed by atoms with Gasteiger partial charge in [0.05, 0.1) is 6.04 Å². The lowest BCUT2D eigenvalue weighted by atomic mass is 9.85. The molecule has 1 heterocycles. The van der Waals surface area contributed by atoms with Crippen LogP contribution in [0.3, 0.4) is 0 Å². The minimum absolute atomic E-state index is 0.00171. The maximum Gasteiger partial charge on any atom is 0.410 e. The van der Waals surface area contributed by atoms with Crippen molar-refractivity contribution in [3.8, 4) is 0 Å². The van der Waals surface area contributed by atoms with Gasteiger partial charge in [-0.2, -0.15) is 0 Å². The lowest BCUT2D eigenvalue weighted by Gasteiger charge is -2.37. The number of hydrogen-bond donors (Lipinski definition) is 5. The van der Waals surface area contributed by atoms with E-state index in [2.05, 4.69) is 27.3 Å². The Labute approximate surface area is 441 Å². The molecule has 18 heteroatoms. The molecule has 0 unspecified atom stereocenters. The zero-order valence-electron chi connectivity index (χ0n) is 45.7. The number of hydrogen-bond acceptors (Lipinski definition) is 10. The second kappa shape index (κ2) is 24.4. The number of fused-ring (bicyclic) bond motifs is 1. The lowest BCUT2D eigenvalue weighted by molar-refractivity contribution is -0.144. The van der Waals surface area contributed by atoms with Gasteiger partial charge in [0.2, 0.25) is 23.6 Å². The summed E-state index contributed by atoms with van der Waals surface area (Å²) in [6.45, 7) is 18.7. The first-order valence-electron chi connectivity index (χ1n) is 25.5. The van der Waals surface area contributed by atoms with Crippen molar-refractivity contribution >= 4 is 59.8 Å². The topological polar surface area (TPSA) is 233 Å². The summed E-state index contributed by atoms with van der Waals surface area (Å²) in [5.74, 6) is -3.72. The molecule has 1 saturated heterocycles. The zero-order chi connectivity index (χ0) is 55.7. The SMILES string of the molecule is C[C@@H](C(=O)N[C@@H](Cc1ccc(C=Cc2ccc(C(=O)N[C@H]3C[C@@H](C(=O)N[C@@H]4CCCc5ccccc54)N(C(=O)[C@@H](NC(=O)[C@H](C)N(C)C(=O)OC(C)(C)C)C(C)(C)C)C3)cc2)cc1)C(=O)O)N(C)C(=O)OC(C)(C)C. The normalized spacial score (nSPS) is 18.3. The molecule has 75 heavy (non-hydrogen) atoms. The summed E-state index contributed by atoms with van der Waals surface area (Å²) < 4.78 is 10.8.